The molecule has 1 spiro atoms. The molecule has 2 heterocycles. The van der Waals surface area contributed by atoms with Crippen molar-refractivity contribution in [3.05, 3.63) is 52.0 Å². The Kier molecular flexibility index (Phi) is 4.60. The minimum absolute atomic E-state index is 0.146. The Bertz CT molecular complexity index is 998. The third kappa shape index (κ3) is 3.59. The highest BCUT2D eigenvalue weighted by molar-refractivity contribution is 9.10. The van der Waals surface area contributed by atoms with Crippen molar-refractivity contribution in [3.63, 3.8) is 0 Å². The standard InChI is InChI=1S/C18H13BrF4N4O2/c19-9-1-2-11-12(3-9)17(4-13(17)18(21,22)23)8-27(15(11)29)7-14(28)26-16-24-5-10(20)6-25-16/h1-3,5-6,13H,4,7-8H2,(H,24,25,26,28)/t13-,17-/m0/s1. The van der Waals surface area contributed by atoms with E-state index in [0.29, 0.717) is 10.0 Å². The second-order valence-electron chi connectivity index (χ2n) is 7.08. The van der Waals surface area contributed by atoms with Gasteiger partial charge in [0.05, 0.1) is 18.3 Å². The zero-order valence-corrected chi connectivity index (χ0v) is 16.2. The number of carbonyl (C=O) groups is 2. The largest absolute Gasteiger partial charge is 0.392 e. The summed E-state index contributed by atoms with van der Waals surface area (Å²) in [5.41, 5.74) is -0.771. The second kappa shape index (κ2) is 6.75. The van der Waals surface area contributed by atoms with Crippen LogP contribution in [0.2, 0.25) is 0 Å². The van der Waals surface area contributed by atoms with Crippen LogP contribution in [0.25, 0.3) is 0 Å². The number of nitrogens with one attached hydrogen (secondary N) is 1. The average Bonchev–Trinajstić information content (AvgIpc) is 3.37. The van der Waals surface area contributed by atoms with Gasteiger partial charge in [-0.05, 0) is 30.2 Å². The summed E-state index contributed by atoms with van der Waals surface area (Å²) >= 11 is 3.25. The highest BCUT2D eigenvalue weighted by atomic mass is 79.9. The second-order valence-corrected chi connectivity index (χ2v) is 7.99. The van der Waals surface area contributed by atoms with Crippen LogP contribution < -0.4 is 5.32 Å². The van der Waals surface area contributed by atoms with Crippen molar-refractivity contribution >= 4 is 33.7 Å². The first-order valence-corrected chi connectivity index (χ1v) is 9.33. The molecular weight excluding hydrogens is 460 g/mol. The number of anilines is 1. The van der Waals surface area contributed by atoms with Crippen molar-refractivity contribution in [1.29, 1.82) is 0 Å². The smallest absolute Gasteiger partial charge is 0.328 e. The average molecular weight is 473 g/mol. The van der Waals surface area contributed by atoms with Crippen LogP contribution in [0.4, 0.5) is 23.5 Å². The van der Waals surface area contributed by atoms with Gasteiger partial charge in [-0.2, -0.15) is 13.2 Å². The number of rotatable bonds is 3. The number of aromatic nitrogens is 2. The molecule has 1 saturated carbocycles. The van der Waals surface area contributed by atoms with Gasteiger partial charge in [0.25, 0.3) is 5.91 Å². The van der Waals surface area contributed by atoms with Crippen molar-refractivity contribution in [3.8, 4) is 0 Å². The molecule has 1 aliphatic carbocycles. The van der Waals surface area contributed by atoms with E-state index in [4.69, 9.17) is 0 Å². The summed E-state index contributed by atoms with van der Waals surface area (Å²) in [7, 11) is 0. The normalized spacial score (nSPS) is 23.1. The Labute approximate surface area is 170 Å². The summed E-state index contributed by atoms with van der Waals surface area (Å²) in [5, 5.41) is 2.31. The van der Waals surface area contributed by atoms with Crippen LogP contribution in [0.15, 0.2) is 35.1 Å². The van der Waals surface area contributed by atoms with Gasteiger partial charge in [-0.15, -0.1) is 0 Å². The molecular formula is C18H13BrF4N4O2. The van der Waals surface area contributed by atoms with Gasteiger partial charge < -0.3 is 4.90 Å². The van der Waals surface area contributed by atoms with E-state index in [2.05, 4.69) is 31.2 Å². The molecule has 2 atom stereocenters. The third-order valence-corrected chi connectivity index (χ3v) is 5.68. The van der Waals surface area contributed by atoms with Gasteiger partial charge in [0.2, 0.25) is 11.9 Å². The van der Waals surface area contributed by atoms with E-state index in [9.17, 15) is 27.2 Å². The van der Waals surface area contributed by atoms with Gasteiger partial charge in [-0.25, -0.2) is 14.4 Å². The number of amides is 2. The van der Waals surface area contributed by atoms with Gasteiger partial charge in [0.15, 0.2) is 5.82 Å². The molecule has 0 saturated heterocycles. The maximum atomic E-state index is 13.4. The molecule has 1 aromatic heterocycles. The van der Waals surface area contributed by atoms with Crippen molar-refractivity contribution in [1.82, 2.24) is 14.9 Å². The molecule has 0 bridgehead atoms. The zero-order chi connectivity index (χ0) is 21.0. The quantitative estimate of drug-likeness (QED) is 0.695. The lowest BCUT2D eigenvalue weighted by Crippen LogP contribution is -2.48. The molecule has 1 N–H and O–H groups in total. The lowest BCUT2D eigenvalue weighted by Gasteiger charge is -2.35. The fourth-order valence-corrected chi connectivity index (χ4v) is 4.19. The van der Waals surface area contributed by atoms with Crippen molar-refractivity contribution in [2.45, 2.75) is 18.0 Å². The number of alkyl halides is 3. The molecule has 1 fully saturated rings. The number of halogens is 5. The summed E-state index contributed by atoms with van der Waals surface area (Å²) in [4.78, 5) is 33.3. The van der Waals surface area contributed by atoms with E-state index in [1.165, 1.54) is 6.07 Å². The van der Waals surface area contributed by atoms with Crippen molar-refractivity contribution < 1.29 is 27.2 Å². The molecule has 11 heteroatoms. The minimum atomic E-state index is -4.41. The SMILES string of the molecule is O=C(CN1C[C@@]2(C[C@@H]2C(F)(F)F)c2cc(Br)ccc2C1=O)Nc1ncc(F)cn1. The van der Waals surface area contributed by atoms with Gasteiger partial charge in [0.1, 0.15) is 6.54 Å². The summed E-state index contributed by atoms with van der Waals surface area (Å²) in [6.07, 6.45) is -2.84. The van der Waals surface area contributed by atoms with E-state index < -0.39 is 41.7 Å². The highest BCUT2D eigenvalue weighted by Crippen LogP contribution is 2.63. The number of benzene rings is 1. The van der Waals surface area contributed by atoms with E-state index in [-0.39, 0.29) is 24.5 Å². The fraction of sp³-hybridized carbons (Fsp3) is 0.333. The van der Waals surface area contributed by atoms with Crippen LogP contribution in [0.3, 0.4) is 0 Å². The predicted molar refractivity (Wildman–Crippen MR) is 96.5 cm³/mol. The molecule has 29 heavy (non-hydrogen) atoms. The molecule has 2 aromatic rings. The first-order valence-electron chi connectivity index (χ1n) is 8.53. The van der Waals surface area contributed by atoms with Crippen LogP contribution in [-0.4, -0.2) is 45.9 Å². The maximum absolute atomic E-state index is 13.4. The van der Waals surface area contributed by atoms with Crippen molar-refractivity contribution in [2.75, 3.05) is 18.4 Å². The Balaban J connectivity index is 1.59. The predicted octanol–water partition coefficient (Wildman–Crippen LogP) is 3.29. The van der Waals surface area contributed by atoms with Crippen molar-refractivity contribution in [2.24, 2.45) is 5.92 Å². The summed E-state index contributed by atoms with van der Waals surface area (Å²) < 4.78 is 53.7. The minimum Gasteiger partial charge on any atom is -0.328 e. The number of carbonyl (C=O) groups excluding carboxylic acids is 2. The number of fused-ring (bicyclic) bond motifs is 2. The molecule has 152 valence electrons. The highest BCUT2D eigenvalue weighted by Gasteiger charge is 2.69. The number of nitrogens with zero attached hydrogens (tertiary/aromatic N) is 3. The van der Waals surface area contributed by atoms with Crippen LogP contribution in [-0.2, 0) is 10.2 Å². The molecule has 2 amide bonds. The van der Waals surface area contributed by atoms with Crippen LogP contribution >= 0.6 is 15.9 Å². The Morgan fingerprint density at radius 2 is 2.00 bits per heavy atom. The van der Waals surface area contributed by atoms with Gasteiger partial charge in [-0.3, -0.25) is 14.9 Å². The van der Waals surface area contributed by atoms with E-state index >= 15 is 0 Å². The third-order valence-electron chi connectivity index (χ3n) is 5.19. The topological polar surface area (TPSA) is 75.2 Å². The summed E-state index contributed by atoms with van der Waals surface area (Å²) in [6, 6.07) is 4.58. The molecule has 0 radical (unpaired) electrons. The molecule has 1 aliphatic heterocycles. The van der Waals surface area contributed by atoms with E-state index in [1.807, 2.05) is 0 Å². The Morgan fingerprint density at radius 1 is 1.31 bits per heavy atom. The van der Waals surface area contributed by atoms with Gasteiger partial charge >= 0.3 is 6.18 Å². The fourth-order valence-electron chi connectivity index (χ4n) is 3.83. The molecule has 1 aromatic carbocycles. The number of hydrogen-bond acceptors (Lipinski definition) is 4. The molecule has 2 aliphatic rings. The van der Waals surface area contributed by atoms with E-state index in [1.54, 1.807) is 12.1 Å². The van der Waals surface area contributed by atoms with Gasteiger partial charge in [0, 0.05) is 22.0 Å². The lowest BCUT2D eigenvalue weighted by atomic mass is 9.84. The Hall–Kier alpha value is -2.56. The lowest BCUT2D eigenvalue weighted by molar-refractivity contribution is -0.153. The molecule has 4 rings (SSSR count). The van der Waals surface area contributed by atoms with Crippen LogP contribution in [0.5, 0.6) is 0 Å². The van der Waals surface area contributed by atoms with Crippen LogP contribution in [0.1, 0.15) is 22.3 Å². The molecule has 6 nitrogen and oxygen atoms in total. The summed E-state index contributed by atoms with van der Waals surface area (Å²) in [6.45, 7) is -0.696. The first-order chi connectivity index (χ1) is 13.6. The van der Waals surface area contributed by atoms with Gasteiger partial charge in [-0.1, -0.05) is 15.9 Å². The molecule has 0 unspecified atom stereocenters. The first kappa shape index (κ1) is 19.7. The Morgan fingerprint density at radius 3 is 2.62 bits per heavy atom. The summed E-state index contributed by atoms with van der Waals surface area (Å²) in [5.74, 6) is -3.65. The number of hydrogen-bond donors (Lipinski definition) is 1. The zero-order valence-electron chi connectivity index (χ0n) is 14.6. The van der Waals surface area contributed by atoms with E-state index in [0.717, 1.165) is 17.3 Å². The maximum Gasteiger partial charge on any atom is 0.392 e. The monoisotopic (exact) mass is 472 g/mol. The van der Waals surface area contributed by atoms with Crippen LogP contribution in [0, 0.1) is 11.7 Å².